The van der Waals surface area contributed by atoms with E-state index in [-0.39, 0.29) is 0 Å². The van der Waals surface area contributed by atoms with Crippen LogP contribution in [-0.2, 0) is 6.61 Å². The van der Waals surface area contributed by atoms with E-state index in [0.29, 0.717) is 12.5 Å². The van der Waals surface area contributed by atoms with Crippen LogP contribution in [0.1, 0.15) is 5.56 Å². The molecule has 3 rings (SSSR count). The van der Waals surface area contributed by atoms with Gasteiger partial charge in [0, 0.05) is 18.6 Å². The monoisotopic (exact) mass is 293 g/mol. The smallest absolute Gasteiger partial charge is 0.223 e. The number of aromatic nitrogens is 3. The van der Waals surface area contributed by atoms with Gasteiger partial charge in [0.2, 0.25) is 5.88 Å². The maximum absolute atomic E-state index is 5.83. The number of hydrogen-bond acceptors (Lipinski definition) is 5. The highest BCUT2D eigenvalue weighted by Crippen LogP contribution is 2.26. The molecular formula is C17H15N3O2. The van der Waals surface area contributed by atoms with E-state index in [0.717, 1.165) is 22.6 Å². The van der Waals surface area contributed by atoms with Gasteiger partial charge in [-0.1, -0.05) is 12.1 Å². The highest BCUT2D eigenvalue weighted by Gasteiger charge is 2.08. The maximum atomic E-state index is 5.83. The second kappa shape index (κ2) is 6.67. The molecule has 0 amide bonds. The van der Waals surface area contributed by atoms with E-state index in [1.165, 1.54) is 0 Å². The Bertz CT molecular complexity index is 730. The molecule has 110 valence electrons. The van der Waals surface area contributed by atoms with Crippen LogP contribution >= 0.6 is 0 Å². The van der Waals surface area contributed by atoms with Crippen molar-refractivity contribution in [1.82, 2.24) is 15.0 Å². The first-order valence-corrected chi connectivity index (χ1v) is 6.84. The number of benzene rings is 1. The summed E-state index contributed by atoms with van der Waals surface area (Å²) in [5.41, 5.74) is 2.60. The van der Waals surface area contributed by atoms with E-state index in [1.54, 1.807) is 31.9 Å². The van der Waals surface area contributed by atoms with Crippen molar-refractivity contribution >= 4 is 0 Å². The molecule has 3 aromatic rings. The SMILES string of the molecule is COc1ccc(COc2ncccc2-c2cnccn2)cc1. The lowest BCUT2D eigenvalue weighted by Crippen LogP contribution is -1.99. The predicted molar refractivity (Wildman–Crippen MR) is 82.6 cm³/mol. The second-order valence-electron chi connectivity index (χ2n) is 4.58. The Labute approximate surface area is 128 Å². The lowest BCUT2D eigenvalue weighted by molar-refractivity contribution is 0.295. The molecule has 0 fully saturated rings. The summed E-state index contributed by atoms with van der Waals surface area (Å²) in [5.74, 6) is 1.36. The van der Waals surface area contributed by atoms with E-state index in [4.69, 9.17) is 9.47 Å². The Morgan fingerprint density at radius 1 is 0.955 bits per heavy atom. The molecule has 0 aliphatic rings. The summed E-state index contributed by atoms with van der Waals surface area (Å²) in [6, 6.07) is 11.5. The minimum atomic E-state index is 0.425. The fraction of sp³-hybridized carbons (Fsp3) is 0.118. The summed E-state index contributed by atoms with van der Waals surface area (Å²) in [7, 11) is 1.65. The number of ether oxygens (including phenoxy) is 2. The van der Waals surface area contributed by atoms with Gasteiger partial charge in [0.25, 0.3) is 0 Å². The van der Waals surface area contributed by atoms with Crippen LogP contribution in [0, 0.1) is 0 Å². The summed E-state index contributed by atoms with van der Waals surface area (Å²) in [5, 5.41) is 0. The molecule has 0 aliphatic carbocycles. The lowest BCUT2D eigenvalue weighted by atomic mass is 10.2. The van der Waals surface area contributed by atoms with E-state index < -0.39 is 0 Å². The zero-order chi connectivity index (χ0) is 15.2. The van der Waals surface area contributed by atoms with Crippen LogP contribution in [0.4, 0.5) is 0 Å². The molecule has 0 spiro atoms. The third-order valence-corrected chi connectivity index (χ3v) is 3.14. The van der Waals surface area contributed by atoms with Crippen molar-refractivity contribution < 1.29 is 9.47 Å². The van der Waals surface area contributed by atoms with Gasteiger partial charge in [0.1, 0.15) is 12.4 Å². The maximum Gasteiger partial charge on any atom is 0.223 e. The molecule has 0 atom stereocenters. The summed E-state index contributed by atoms with van der Waals surface area (Å²) in [6.07, 6.45) is 6.67. The van der Waals surface area contributed by atoms with Crippen LogP contribution in [0.2, 0.25) is 0 Å². The first-order chi connectivity index (χ1) is 10.9. The van der Waals surface area contributed by atoms with Crippen LogP contribution < -0.4 is 9.47 Å². The topological polar surface area (TPSA) is 57.1 Å². The summed E-state index contributed by atoms with van der Waals surface area (Å²) >= 11 is 0. The standard InChI is InChI=1S/C17H15N3O2/c1-21-14-6-4-13(5-7-14)12-22-17-15(3-2-8-20-17)16-11-18-9-10-19-16/h2-11H,12H2,1H3. The van der Waals surface area contributed by atoms with Crippen molar-refractivity contribution in [2.75, 3.05) is 7.11 Å². The number of methoxy groups -OCH3 is 1. The first-order valence-electron chi connectivity index (χ1n) is 6.84. The van der Waals surface area contributed by atoms with Gasteiger partial charge >= 0.3 is 0 Å². The molecule has 0 bridgehead atoms. The number of pyridine rings is 1. The van der Waals surface area contributed by atoms with Gasteiger partial charge in [-0.2, -0.15) is 0 Å². The molecule has 2 aromatic heterocycles. The summed E-state index contributed by atoms with van der Waals surface area (Å²) in [6.45, 7) is 0.425. The summed E-state index contributed by atoms with van der Waals surface area (Å²) in [4.78, 5) is 12.7. The van der Waals surface area contributed by atoms with Gasteiger partial charge in [-0.05, 0) is 29.8 Å². The average Bonchev–Trinajstić information content (AvgIpc) is 2.61. The van der Waals surface area contributed by atoms with Crippen molar-refractivity contribution in [3.8, 4) is 22.9 Å². The zero-order valence-electron chi connectivity index (χ0n) is 12.1. The molecule has 2 heterocycles. The van der Waals surface area contributed by atoms with Crippen LogP contribution in [0.25, 0.3) is 11.3 Å². The minimum Gasteiger partial charge on any atom is -0.497 e. The molecule has 22 heavy (non-hydrogen) atoms. The van der Waals surface area contributed by atoms with Gasteiger partial charge in [0.15, 0.2) is 0 Å². The van der Waals surface area contributed by atoms with E-state index in [1.807, 2.05) is 36.4 Å². The molecule has 0 saturated carbocycles. The van der Waals surface area contributed by atoms with Crippen molar-refractivity contribution in [1.29, 1.82) is 0 Å². The second-order valence-corrected chi connectivity index (χ2v) is 4.58. The Morgan fingerprint density at radius 2 is 1.82 bits per heavy atom. The third kappa shape index (κ3) is 3.20. The van der Waals surface area contributed by atoms with Crippen molar-refractivity contribution in [2.45, 2.75) is 6.61 Å². The molecular weight excluding hydrogens is 278 g/mol. The van der Waals surface area contributed by atoms with Gasteiger partial charge in [-0.25, -0.2) is 4.98 Å². The number of rotatable bonds is 5. The van der Waals surface area contributed by atoms with Crippen molar-refractivity contribution in [3.63, 3.8) is 0 Å². The molecule has 0 saturated heterocycles. The van der Waals surface area contributed by atoms with Crippen LogP contribution in [-0.4, -0.2) is 22.1 Å². The molecule has 0 unspecified atom stereocenters. The summed E-state index contributed by atoms with van der Waals surface area (Å²) < 4.78 is 11.0. The van der Waals surface area contributed by atoms with Gasteiger partial charge in [-0.3, -0.25) is 9.97 Å². The highest BCUT2D eigenvalue weighted by molar-refractivity contribution is 5.63. The van der Waals surface area contributed by atoms with Crippen molar-refractivity contribution in [2.24, 2.45) is 0 Å². The van der Waals surface area contributed by atoms with Crippen LogP contribution in [0.3, 0.4) is 0 Å². The Hall–Kier alpha value is -2.95. The first kappa shape index (κ1) is 14.0. The third-order valence-electron chi connectivity index (χ3n) is 3.14. The van der Waals surface area contributed by atoms with E-state index in [2.05, 4.69) is 15.0 Å². The molecule has 0 radical (unpaired) electrons. The fourth-order valence-electron chi connectivity index (χ4n) is 2.01. The number of hydrogen-bond donors (Lipinski definition) is 0. The van der Waals surface area contributed by atoms with Crippen LogP contribution in [0.5, 0.6) is 11.6 Å². The Kier molecular flexibility index (Phi) is 4.25. The molecule has 5 heteroatoms. The lowest BCUT2D eigenvalue weighted by Gasteiger charge is -2.10. The van der Waals surface area contributed by atoms with E-state index >= 15 is 0 Å². The molecule has 1 aromatic carbocycles. The average molecular weight is 293 g/mol. The molecule has 0 aliphatic heterocycles. The van der Waals surface area contributed by atoms with Crippen molar-refractivity contribution in [3.05, 3.63) is 66.7 Å². The highest BCUT2D eigenvalue weighted by atomic mass is 16.5. The zero-order valence-corrected chi connectivity index (χ0v) is 12.1. The van der Waals surface area contributed by atoms with Gasteiger partial charge < -0.3 is 9.47 Å². The molecule has 5 nitrogen and oxygen atoms in total. The van der Waals surface area contributed by atoms with Crippen LogP contribution in [0.15, 0.2) is 61.2 Å². The van der Waals surface area contributed by atoms with Gasteiger partial charge in [-0.15, -0.1) is 0 Å². The minimum absolute atomic E-state index is 0.425. The normalized spacial score (nSPS) is 10.2. The van der Waals surface area contributed by atoms with Gasteiger partial charge in [0.05, 0.1) is 24.6 Å². The Morgan fingerprint density at radius 3 is 2.55 bits per heavy atom. The Balaban J connectivity index is 1.78. The fourth-order valence-corrected chi connectivity index (χ4v) is 2.01. The largest absolute Gasteiger partial charge is 0.497 e. The van der Waals surface area contributed by atoms with E-state index in [9.17, 15) is 0 Å². The quantitative estimate of drug-likeness (QED) is 0.723. The molecule has 0 N–H and O–H groups in total. The number of nitrogens with zero attached hydrogens (tertiary/aromatic N) is 3. The predicted octanol–water partition coefficient (Wildman–Crippen LogP) is 3.13.